The molecule has 1 N–H and O–H groups in total. The first-order chi connectivity index (χ1) is 8.87. The van der Waals surface area contributed by atoms with Crippen molar-refractivity contribution in [2.45, 2.75) is 13.3 Å². The first kappa shape index (κ1) is 13.9. The number of nitrogens with zero attached hydrogens (tertiary/aromatic N) is 1. The summed E-state index contributed by atoms with van der Waals surface area (Å²) in [4.78, 5) is 12.7. The Hall–Kier alpha value is -1.56. The quantitative estimate of drug-likeness (QED) is 0.890. The molecule has 2 rings (SSSR count). The number of carboxylic acids is 1. The van der Waals surface area contributed by atoms with Crippen LogP contribution in [0.1, 0.15) is 11.1 Å². The lowest BCUT2D eigenvalue weighted by Gasteiger charge is -2.30. The Balaban J connectivity index is 2.15. The maximum absolute atomic E-state index is 11.4. The Morgan fingerprint density at radius 2 is 1.95 bits per heavy atom. The molecule has 1 aromatic rings. The summed E-state index contributed by atoms with van der Waals surface area (Å²) in [6.07, 6.45) is 0.00942. The van der Waals surface area contributed by atoms with Gasteiger partial charge in [0.15, 0.2) is 9.84 Å². The van der Waals surface area contributed by atoms with Gasteiger partial charge >= 0.3 is 5.97 Å². The Labute approximate surface area is 112 Å². The van der Waals surface area contributed by atoms with Gasteiger partial charge in [-0.3, -0.25) is 4.79 Å². The van der Waals surface area contributed by atoms with E-state index < -0.39 is 15.8 Å². The molecule has 19 heavy (non-hydrogen) atoms. The first-order valence-corrected chi connectivity index (χ1v) is 7.96. The van der Waals surface area contributed by atoms with Crippen LogP contribution in [0.4, 0.5) is 5.69 Å². The van der Waals surface area contributed by atoms with Crippen molar-refractivity contribution >= 4 is 21.5 Å². The Kier molecular flexibility index (Phi) is 3.80. The van der Waals surface area contributed by atoms with Crippen LogP contribution >= 0.6 is 0 Å². The number of benzene rings is 1. The molecule has 0 aliphatic carbocycles. The zero-order chi connectivity index (χ0) is 14.0. The summed E-state index contributed by atoms with van der Waals surface area (Å²) < 4.78 is 22.8. The molecule has 0 bridgehead atoms. The summed E-state index contributed by atoms with van der Waals surface area (Å²) in [5.41, 5.74) is 2.74. The van der Waals surface area contributed by atoms with Crippen LogP contribution in [0, 0.1) is 6.92 Å². The van der Waals surface area contributed by atoms with Crippen LogP contribution < -0.4 is 4.90 Å². The lowest BCUT2D eigenvalue weighted by molar-refractivity contribution is -0.136. The molecule has 1 aliphatic rings. The van der Waals surface area contributed by atoms with Gasteiger partial charge in [-0.25, -0.2) is 8.42 Å². The second-order valence-electron chi connectivity index (χ2n) is 4.83. The molecular weight excluding hydrogens is 266 g/mol. The van der Waals surface area contributed by atoms with E-state index in [1.807, 2.05) is 24.0 Å². The highest BCUT2D eigenvalue weighted by Crippen LogP contribution is 2.23. The van der Waals surface area contributed by atoms with Crippen LogP contribution in [0.15, 0.2) is 18.2 Å². The van der Waals surface area contributed by atoms with Gasteiger partial charge in [0.2, 0.25) is 0 Å². The van der Waals surface area contributed by atoms with Gasteiger partial charge < -0.3 is 10.0 Å². The largest absolute Gasteiger partial charge is 0.481 e. The van der Waals surface area contributed by atoms with Crippen LogP contribution in [0.5, 0.6) is 0 Å². The summed E-state index contributed by atoms with van der Waals surface area (Å²) in [7, 11) is -2.88. The average molecular weight is 283 g/mol. The third-order valence-corrected chi connectivity index (χ3v) is 4.91. The van der Waals surface area contributed by atoms with Crippen molar-refractivity contribution in [3.05, 3.63) is 29.3 Å². The predicted octanol–water partition coefficient (Wildman–Crippen LogP) is 0.857. The number of carbonyl (C=O) groups is 1. The van der Waals surface area contributed by atoms with E-state index in [2.05, 4.69) is 0 Å². The number of rotatable bonds is 3. The van der Waals surface area contributed by atoms with E-state index in [1.54, 1.807) is 6.07 Å². The molecule has 0 saturated carbocycles. The summed E-state index contributed by atoms with van der Waals surface area (Å²) in [5, 5.41) is 8.76. The van der Waals surface area contributed by atoms with Crippen LogP contribution in [-0.2, 0) is 21.1 Å². The normalized spacial score (nSPS) is 18.3. The minimum absolute atomic E-state index is 0.00942. The minimum atomic E-state index is -2.88. The SMILES string of the molecule is Cc1cc(CC(=O)O)ccc1N1CCS(=O)(=O)CC1. The Bertz CT molecular complexity index is 581. The highest BCUT2D eigenvalue weighted by Gasteiger charge is 2.22. The monoisotopic (exact) mass is 283 g/mol. The number of hydrogen-bond acceptors (Lipinski definition) is 4. The summed E-state index contributed by atoms with van der Waals surface area (Å²) >= 11 is 0. The molecule has 5 nitrogen and oxygen atoms in total. The molecule has 0 spiro atoms. The van der Waals surface area contributed by atoms with Crippen molar-refractivity contribution < 1.29 is 18.3 Å². The molecule has 1 saturated heterocycles. The zero-order valence-corrected chi connectivity index (χ0v) is 11.6. The maximum Gasteiger partial charge on any atom is 0.307 e. The van der Waals surface area contributed by atoms with Gasteiger partial charge in [-0.1, -0.05) is 12.1 Å². The highest BCUT2D eigenvalue weighted by molar-refractivity contribution is 7.91. The van der Waals surface area contributed by atoms with Crippen molar-refractivity contribution in [2.24, 2.45) is 0 Å². The maximum atomic E-state index is 11.4. The van der Waals surface area contributed by atoms with Gasteiger partial charge in [-0.2, -0.15) is 0 Å². The van der Waals surface area contributed by atoms with Gasteiger partial charge in [-0.15, -0.1) is 0 Å². The van der Waals surface area contributed by atoms with Crippen molar-refractivity contribution in [3.8, 4) is 0 Å². The Morgan fingerprint density at radius 3 is 2.47 bits per heavy atom. The second-order valence-corrected chi connectivity index (χ2v) is 7.13. The topological polar surface area (TPSA) is 74.7 Å². The Morgan fingerprint density at radius 1 is 1.32 bits per heavy atom. The molecule has 1 aromatic carbocycles. The van der Waals surface area contributed by atoms with Gasteiger partial charge in [0, 0.05) is 18.8 Å². The molecule has 1 fully saturated rings. The summed E-state index contributed by atoms with van der Waals surface area (Å²) in [6.45, 7) is 2.92. The fourth-order valence-corrected chi connectivity index (χ4v) is 3.51. The zero-order valence-electron chi connectivity index (χ0n) is 10.8. The molecule has 0 atom stereocenters. The smallest absolute Gasteiger partial charge is 0.307 e. The van der Waals surface area contributed by atoms with Crippen LogP contribution in [0.3, 0.4) is 0 Å². The lowest BCUT2D eigenvalue weighted by Crippen LogP contribution is -2.40. The standard InChI is InChI=1S/C13H17NO4S/c1-10-8-11(9-13(15)16)2-3-12(10)14-4-6-19(17,18)7-5-14/h2-3,8H,4-7,9H2,1H3,(H,15,16). The highest BCUT2D eigenvalue weighted by atomic mass is 32.2. The van der Waals surface area contributed by atoms with E-state index in [0.29, 0.717) is 13.1 Å². The van der Waals surface area contributed by atoms with Crippen LogP contribution in [0.2, 0.25) is 0 Å². The average Bonchev–Trinajstić information content (AvgIpc) is 2.29. The van der Waals surface area contributed by atoms with Crippen molar-refractivity contribution in [1.29, 1.82) is 0 Å². The third kappa shape index (κ3) is 3.47. The van der Waals surface area contributed by atoms with Gasteiger partial charge in [-0.05, 0) is 24.1 Å². The van der Waals surface area contributed by atoms with Gasteiger partial charge in [0.25, 0.3) is 0 Å². The third-order valence-electron chi connectivity index (χ3n) is 3.30. The predicted molar refractivity (Wildman–Crippen MR) is 73.4 cm³/mol. The van der Waals surface area contributed by atoms with Crippen LogP contribution in [0.25, 0.3) is 0 Å². The molecule has 0 unspecified atom stereocenters. The summed E-state index contributed by atoms with van der Waals surface area (Å²) in [5.74, 6) is -0.483. The second kappa shape index (κ2) is 5.21. The molecule has 1 heterocycles. The first-order valence-electron chi connectivity index (χ1n) is 6.14. The van der Waals surface area contributed by atoms with E-state index in [1.165, 1.54) is 0 Å². The fourth-order valence-electron chi connectivity index (χ4n) is 2.31. The van der Waals surface area contributed by atoms with E-state index >= 15 is 0 Å². The van der Waals surface area contributed by atoms with Crippen molar-refractivity contribution in [3.63, 3.8) is 0 Å². The molecule has 6 heteroatoms. The lowest BCUT2D eigenvalue weighted by atomic mass is 10.1. The number of aryl methyl sites for hydroxylation is 1. The fraction of sp³-hybridized carbons (Fsp3) is 0.462. The van der Waals surface area contributed by atoms with Crippen molar-refractivity contribution in [1.82, 2.24) is 0 Å². The van der Waals surface area contributed by atoms with Gasteiger partial charge in [0.1, 0.15) is 0 Å². The molecule has 1 aliphatic heterocycles. The minimum Gasteiger partial charge on any atom is -0.481 e. The summed E-state index contributed by atoms with van der Waals surface area (Å²) in [6, 6.07) is 5.53. The van der Waals surface area contributed by atoms with E-state index in [0.717, 1.165) is 16.8 Å². The van der Waals surface area contributed by atoms with Crippen LogP contribution in [-0.4, -0.2) is 44.1 Å². The molecular formula is C13H17NO4S. The number of anilines is 1. The number of sulfone groups is 1. The van der Waals surface area contributed by atoms with E-state index in [4.69, 9.17) is 5.11 Å². The molecule has 0 aromatic heterocycles. The number of aliphatic carboxylic acids is 1. The number of carboxylic acid groups (broad SMARTS) is 1. The van der Waals surface area contributed by atoms with E-state index in [-0.39, 0.29) is 17.9 Å². The molecule has 0 radical (unpaired) electrons. The van der Waals surface area contributed by atoms with Crippen molar-refractivity contribution in [2.75, 3.05) is 29.5 Å². The molecule has 104 valence electrons. The van der Waals surface area contributed by atoms with E-state index in [9.17, 15) is 13.2 Å². The van der Waals surface area contributed by atoms with Gasteiger partial charge in [0.05, 0.1) is 17.9 Å². The number of hydrogen-bond donors (Lipinski definition) is 1. The molecule has 0 amide bonds.